The van der Waals surface area contributed by atoms with E-state index in [1.807, 2.05) is 22.7 Å². The summed E-state index contributed by atoms with van der Waals surface area (Å²) in [6.07, 6.45) is 29.1. The number of fused-ring (bicyclic) bond motifs is 4. The molecule has 0 atom stereocenters. The first-order valence-electron chi connectivity index (χ1n) is 22.4. The average molecular weight is 781 g/mol. The first kappa shape index (κ1) is 40.6. The van der Waals surface area contributed by atoms with Crippen LogP contribution in [0.3, 0.4) is 0 Å². The summed E-state index contributed by atoms with van der Waals surface area (Å²) in [5, 5.41) is 8.01. The molecule has 0 radical (unpaired) electrons. The van der Waals surface area contributed by atoms with Crippen molar-refractivity contribution in [2.75, 3.05) is 0 Å². The van der Waals surface area contributed by atoms with Gasteiger partial charge in [0, 0.05) is 53.8 Å². The van der Waals surface area contributed by atoms with Crippen molar-refractivity contribution in [3.63, 3.8) is 0 Å². The van der Waals surface area contributed by atoms with Gasteiger partial charge >= 0.3 is 0 Å². The minimum Gasteiger partial charge on any atom is -0.256 e. The van der Waals surface area contributed by atoms with E-state index in [1.54, 1.807) is 0 Å². The topological polar surface area (TPSA) is 25.8 Å². The molecule has 0 aliphatic rings. The first-order chi connectivity index (χ1) is 27.6. The molecule has 7 rings (SSSR count). The van der Waals surface area contributed by atoms with Gasteiger partial charge in [-0.3, -0.25) is 9.97 Å². The Morgan fingerprint density at radius 1 is 0.375 bits per heavy atom. The molecule has 0 N–H and O–H groups in total. The molecule has 3 aromatic carbocycles. The lowest BCUT2D eigenvalue weighted by Gasteiger charge is -2.19. The second-order valence-electron chi connectivity index (χ2n) is 16.3. The number of aromatic nitrogens is 2. The van der Waals surface area contributed by atoms with Crippen molar-refractivity contribution in [1.29, 1.82) is 0 Å². The Labute approximate surface area is 345 Å². The zero-order valence-electron chi connectivity index (χ0n) is 34.8. The van der Waals surface area contributed by atoms with Gasteiger partial charge in [-0.2, -0.15) is 0 Å². The molecule has 7 aromatic rings. The highest BCUT2D eigenvalue weighted by molar-refractivity contribution is 7.16. The molecule has 294 valence electrons. The Morgan fingerprint density at radius 2 is 0.750 bits per heavy atom. The predicted octanol–water partition coefficient (Wildman–Crippen LogP) is 17.0. The van der Waals surface area contributed by atoms with E-state index >= 15 is 0 Å². The molecule has 56 heavy (non-hydrogen) atoms. The van der Waals surface area contributed by atoms with Crippen molar-refractivity contribution in [2.45, 2.75) is 156 Å². The van der Waals surface area contributed by atoms with Crippen molar-refractivity contribution < 1.29 is 0 Å². The van der Waals surface area contributed by atoms with Gasteiger partial charge in [-0.25, -0.2) is 0 Å². The van der Waals surface area contributed by atoms with Gasteiger partial charge in [0.25, 0.3) is 0 Å². The molecule has 0 fully saturated rings. The van der Waals surface area contributed by atoms with Crippen LogP contribution in [0.2, 0.25) is 0 Å². The highest BCUT2D eigenvalue weighted by atomic mass is 32.1. The number of benzene rings is 3. The SMILES string of the molecule is CCCCCCc1ccc(-c2c3cc4nccc(CCCCCC)c4cc3c(-c3ccc(CCCCCC)s3)c3cc4nccc(CCCCCC)c4cc23)s1. The van der Waals surface area contributed by atoms with E-state index in [2.05, 4.69) is 101 Å². The van der Waals surface area contributed by atoms with Crippen LogP contribution in [0.5, 0.6) is 0 Å². The van der Waals surface area contributed by atoms with Crippen LogP contribution >= 0.6 is 22.7 Å². The summed E-state index contributed by atoms with van der Waals surface area (Å²) in [7, 11) is 0. The van der Waals surface area contributed by atoms with E-state index in [0.29, 0.717) is 0 Å². The van der Waals surface area contributed by atoms with Crippen LogP contribution < -0.4 is 0 Å². The number of nitrogens with zero attached hydrogens (tertiary/aromatic N) is 2. The molecule has 0 aliphatic carbocycles. The fourth-order valence-electron chi connectivity index (χ4n) is 8.81. The van der Waals surface area contributed by atoms with Gasteiger partial charge in [0.05, 0.1) is 11.0 Å². The van der Waals surface area contributed by atoms with Gasteiger partial charge < -0.3 is 0 Å². The quantitative estimate of drug-likeness (QED) is 0.0506. The van der Waals surface area contributed by atoms with Crippen LogP contribution in [-0.4, -0.2) is 9.97 Å². The number of thiophene rings is 2. The summed E-state index contributed by atoms with van der Waals surface area (Å²) in [6, 6.07) is 24.2. The lowest BCUT2D eigenvalue weighted by Crippen LogP contribution is -1.95. The van der Waals surface area contributed by atoms with Crippen molar-refractivity contribution >= 4 is 66.0 Å². The molecular weight excluding hydrogens is 717 g/mol. The third kappa shape index (κ3) is 9.40. The van der Waals surface area contributed by atoms with Crippen LogP contribution in [-0.2, 0) is 25.7 Å². The molecule has 0 amide bonds. The third-order valence-corrected chi connectivity index (χ3v) is 14.3. The molecule has 0 saturated carbocycles. The van der Waals surface area contributed by atoms with Crippen LogP contribution in [0.1, 0.15) is 151 Å². The first-order valence-corrected chi connectivity index (χ1v) is 24.0. The van der Waals surface area contributed by atoms with Crippen molar-refractivity contribution in [2.24, 2.45) is 0 Å². The van der Waals surface area contributed by atoms with Crippen molar-refractivity contribution in [3.8, 4) is 20.9 Å². The standard InChI is InChI=1S/C52H64N2S2/c1-5-9-13-17-21-37-29-31-53-47-35-45-43(33-41(37)47)51(49-27-25-39(55-49)23-19-15-11-7-3)46-36-48-42(38(30-32-54-48)22-18-14-10-6-2)34-44(46)52(45)50-28-26-40(56-50)24-20-16-12-8-4/h25-36H,5-24H2,1-4H3. The highest BCUT2D eigenvalue weighted by Gasteiger charge is 2.22. The van der Waals surface area contributed by atoms with E-state index in [-0.39, 0.29) is 0 Å². The fourth-order valence-corrected chi connectivity index (χ4v) is 11.1. The van der Waals surface area contributed by atoms with E-state index in [0.717, 1.165) is 36.7 Å². The number of unbranched alkanes of at least 4 members (excludes halogenated alkanes) is 12. The maximum Gasteiger partial charge on any atom is 0.0711 e. The normalized spacial score (nSPS) is 11.9. The van der Waals surface area contributed by atoms with Crippen molar-refractivity contribution in [1.82, 2.24) is 9.97 Å². The highest BCUT2D eigenvalue weighted by Crippen LogP contribution is 2.49. The molecule has 0 aliphatic heterocycles. The van der Waals surface area contributed by atoms with Crippen LogP contribution in [0.4, 0.5) is 0 Å². The minimum atomic E-state index is 1.10. The van der Waals surface area contributed by atoms with Gasteiger partial charge in [0.2, 0.25) is 0 Å². The number of hydrogen-bond donors (Lipinski definition) is 0. The largest absolute Gasteiger partial charge is 0.256 e. The number of rotatable bonds is 22. The molecule has 0 spiro atoms. The Morgan fingerprint density at radius 3 is 1.14 bits per heavy atom. The zero-order chi connectivity index (χ0) is 38.7. The molecule has 0 saturated heterocycles. The molecular formula is C52H64N2S2. The smallest absolute Gasteiger partial charge is 0.0711 e. The molecule has 4 heterocycles. The number of hydrogen-bond acceptors (Lipinski definition) is 4. The van der Waals surface area contributed by atoms with E-state index in [9.17, 15) is 0 Å². The predicted molar refractivity (Wildman–Crippen MR) is 250 cm³/mol. The molecule has 2 nitrogen and oxygen atoms in total. The second-order valence-corrected chi connectivity index (χ2v) is 18.6. The lowest BCUT2D eigenvalue weighted by atomic mass is 9.87. The number of pyridine rings is 2. The van der Waals surface area contributed by atoms with E-state index in [4.69, 9.17) is 9.97 Å². The van der Waals surface area contributed by atoms with Gasteiger partial charge in [-0.05, 0) is 145 Å². The fraction of sp³-hybridized carbons (Fsp3) is 0.462. The molecule has 0 bridgehead atoms. The van der Waals surface area contributed by atoms with Gasteiger partial charge in [-0.15, -0.1) is 22.7 Å². The monoisotopic (exact) mass is 780 g/mol. The number of aryl methyl sites for hydroxylation is 4. The molecule has 4 heteroatoms. The summed E-state index contributed by atoms with van der Waals surface area (Å²) < 4.78 is 0. The summed E-state index contributed by atoms with van der Waals surface area (Å²) in [5.74, 6) is 0. The van der Waals surface area contributed by atoms with Crippen LogP contribution in [0, 0.1) is 0 Å². The van der Waals surface area contributed by atoms with Gasteiger partial charge in [0.1, 0.15) is 0 Å². The van der Waals surface area contributed by atoms with Crippen LogP contribution in [0.15, 0.2) is 73.1 Å². The average Bonchev–Trinajstić information content (AvgIpc) is 3.89. The molecule has 4 aromatic heterocycles. The second kappa shape index (κ2) is 20.2. The maximum atomic E-state index is 5.08. The Balaban J connectivity index is 1.49. The van der Waals surface area contributed by atoms with E-state index < -0.39 is 0 Å². The third-order valence-electron chi connectivity index (χ3n) is 12.0. The Hall–Kier alpha value is -3.60. The van der Waals surface area contributed by atoms with Crippen molar-refractivity contribution in [3.05, 3.63) is 93.9 Å². The zero-order valence-corrected chi connectivity index (χ0v) is 36.4. The van der Waals surface area contributed by atoms with Crippen LogP contribution in [0.25, 0.3) is 64.2 Å². The summed E-state index contributed by atoms with van der Waals surface area (Å²) in [6.45, 7) is 9.21. The van der Waals surface area contributed by atoms with Gasteiger partial charge in [-0.1, -0.05) is 105 Å². The Kier molecular flexibility index (Phi) is 14.6. The summed E-state index contributed by atoms with van der Waals surface area (Å²) in [5.41, 5.74) is 7.85. The minimum absolute atomic E-state index is 1.10. The van der Waals surface area contributed by atoms with E-state index in [1.165, 1.54) is 177 Å². The summed E-state index contributed by atoms with van der Waals surface area (Å²) in [4.78, 5) is 15.9. The maximum absolute atomic E-state index is 5.08. The molecule has 0 unspecified atom stereocenters. The summed E-state index contributed by atoms with van der Waals surface area (Å²) >= 11 is 4.02. The Bertz CT molecular complexity index is 2180. The van der Waals surface area contributed by atoms with Gasteiger partial charge in [0.15, 0.2) is 0 Å². The lowest BCUT2D eigenvalue weighted by molar-refractivity contribution is 0.668.